The van der Waals surface area contributed by atoms with Crippen molar-refractivity contribution < 1.29 is 24.2 Å². The fraction of sp³-hybridized carbons (Fsp3) is 0.400. The Balaban J connectivity index is 1.81. The number of benzene rings is 3. The lowest BCUT2D eigenvalue weighted by Gasteiger charge is -2.46. The van der Waals surface area contributed by atoms with Gasteiger partial charge in [-0.25, -0.2) is 4.79 Å². The number of rotatable bonds is 7. The Morgan fingerprint density at radius 1 is 0.927 bits per heavy atom. The summed E-state index contributed by atoms with van der Waals surface area (Å²) in [6, 6.07) is 26.3. The maximum Gasteiger partial charge on any atom is 0.342 e. The van der Waals surface area contributed by atoms with Crippen LogP contribution in [0.3, 0.4) is 0 Å². The number of aliphatic hydroxyl groups excluding tert-OH is 1. The summed E-state index contributed by atoms with van der Waals surface area (Å²) in [6.45, 7) is 9.02. The molecular formula is C35H44O5Si. The van der Waals surface area contributed by atoms with E-state index in [1.54, 1.807) is 6.07 Å². The normalized spacial score (nSPS) is 21.2. The highest BCUT2D eigenvalue weighted by molar-refractivity contribution is 6.99. The molecule has 1 heterocycles. The zero-order chi connectivity index (χ0) is 29.5. The highest BCUT2D eigenvalue weighted by Crippen LogP contribution is 2.40. The minimum Gasteiger partial charge on any atom is -0.507 e. The molecule has 0 amide bonds. The monoisotopic (exact) mass is 572 g/mol. The van der Waals surface area contributed by atoms with Crippen LogP contribution in [0.4, 0.5) is 0 Å². The van der Waals surface area contributed by atoms with Gasteiger partial charge in [-0.2, -0.15) is 0 Å². The zero-order valence-electron chi connectivity index (χ0n) is 24.8. The molecule has 3 aromatic carbocycles. The molecule has 0 spiro atoms. The highest BCUT2D eigenvalue weighted by Gasteiger charge is 2.52. The molecule has 3 atom stereocenters. The molecule has 41 heavy (non-hydrogen) atoms. The van der Waals surface area contributed by atoms with E-state index in [0.717, 1.165) is 12.0 Å². The Hall–Kier alpha value is -3.19. The maximum atomic E-state index is 13.5. The summed E-state index contributed by atoms with van der Waals surface area (Å²) in [6.07, 6.45) is 6.36. The van der Waals surface area contributed by atoms with E-state index in [9.17, 15) is 15.0 Å². The first-order chi connectivity index (χ1) is 19.7. The highest BCUT2D eigenvalue weighted by atomic mass is 28.4. The van der Waals surface area contributed by atoms with Gasteiger partial charge < -0.3 is 19.4 Å². The van der Waals surface area contributed by atoms with Crippen LogP contribution in [-0.2, 0) is 15.6 Å². The number of carbonyl (C=O) groups excluding carboxylic acids is 1. The summed E-state index contributed by atoms with van der Waals surface area (Å²) in [5.41, 5.74) is 0.949. The van der Waals surface area contributed by atoms with Gasteiger partial charge in [0.2, 0.25) is 0 Å². The second kappa shape index (κ2) is 13.6. The van der Waals surface area contributed by atoms with Gasteiger partial charge in [0.05, 0.1) is 6.10 Å². The molecule has 1 aliphatic heterocycles. The van der Waals surface area contributed by atoms with Crippen LogP contribution >= 0.6 is 0 Å². The zero-order valence-corrected chi connectivity index (χ0v) is 25.8. The fourth-order valence-electron chi connectivity index (χ4n) is 5.99. The molecule has 2 N–H and O–H groups in total. The molecule has 0 aromatic heterocycles. The minimum atomic E-state index is -2.87. The topological polar surface area (TPSA) is 76.0 Å². The Kier molecular flexibility index (Phi) is 10.2. The van der Waals surface area contributed by atoms with Gasteiger partial charge in [0, 0.05) is 13.0 Å². The van der Waals surface area contributed by atoms with Gasteiger partial charge >= 0.3 is 5.97 Å². The van der Waals surface area contributed by atoms with Crippen LogP contribution in [0.1, 0.15) is 69.3 Å². The van der Waals surface area contributed by atoms with Crippen LogP contribution in [0, 0.1) is 5.92 Å². The van der Waals surface area contributed by atoms with Crippen LogP contribution in [-0.4, -0.2) is 43.3 Å². The first-order valence-electron chi connectivity index (χ1n) is 14.7. The largest absolute Gasteiger partial charge is 0.507 e. The van der Waals surface area contributed by atoms with E-state index in [0.29, 0.717) is 25.7 Å². The first kappa shape index (κ1) is 30.8. The van der Waals surface area contributed by atoms with Crippen LogP contribution in [0.15, 0.2) is 91.0 Å². The molecule has 0 saturated carbocycles. The molecule has 1 aliphatic rings. The molecule has 0 aliphatic carbocycles. The van der Waals surface area contributed by atoms with Gasteiger partial charge in [-0.15, -0.1) is 0 Å². The molecule has 0 radical (unpaired) electrons. The average Bonchev–Trinajstić information content (AvgIpc) is 2.95. The van der Waals surface area contributed by atoms with Gasteiger partial charge in [-0.3, -0.25) is 0 Å². The van der Waals surface area contributed by atoms with E-state index >= 15 is 0 Å². The molecular weight excluding hydrogens is 528 g/mol. The van der Waals surface area contributed by atoms with Crippen LogP contribution in [0.5, 0.6) is 5.75 Å². The Bertz CT molecular complexity index is 1260. The van der Waals surface area contributed by atoms with Crippen molar-refractivity contribution in [2.24, 2.45) is 5.92 Å². The molecule has 4 rings (SSSR count). The summed E-state index contributed by atoms with van der Waals surface area (Å²) in [4.78, 5) is 13.5. The molecule has 0 bridgehead atoms. The molecule has 0 saturated heterocycles. The lowest BCUT2D eigenvalue weighted by molar-refractivity contribution is 0.00483. The van der Waals surface area contributed by atoms with Crippen molar-refractivity contribution in [2.45, 2.75) is 77.0 Å². The van der Waals surface area contributed by atoms with E-state index in [1.807, 2.05) is 18.2 Å². The third kappa shape index (κ3) is 7.00. The van der Waals surface area contributed by atoms with Crippen molar-refractivity contribution >= 4 is 24.7 Å². The third-order valence-corrected chi connectivity index (χ3v) is 13.2. The van der Waals surface area contributed by atoms with Gasteiger partial charge in [0.25, 0.3) is 8.32 Å². The standard InChI is InChI=1S/C35H44O5Si/c1-26-15-11-12-16-27-17-13-23-31(37)33(27)34(38)39-28(18-14-24-36)25-32(26)40-41(35(2,3)4,29-19-7-5-8-20-29)30-21-9-6-10-22-30/h5-13,17,19-23,26,28,32,36-37H,14-16,18,24-25H2,1-4H3/b12-11+/t26-,28-,32+/m0/s1. The van der Waals surface area contributed by atoms with Crippen molar-refractivity contribution in [1.29, 1.82) is 0 Å². The van der Waals surface area contributed by atoms with Crippen molar-refractivity contribution in [3.05, 3.63) is 102 Å². The van der Waals surface area contributed by atoms with E-state index in [-0.39, 0.29) is 35.0 Å². The number of ether oxygens (including phenoxy) is 1. The van der Waals surface area contributed by atoms with Gasteiger partial charge in [-0.1, -0.05) is 113 Å². The lowest BCUT2D eigenvalue weighted by Crippen LogP contribution is -2.68. The summed E-state index contributed by atoms with van der Waals surface area (Å²) >= 11 is 0. The van der Waals surface area contributed by atoms with Crippen molar-refractivity contribution in [3.8, 4) is 5.75 Å². The first-order valence-corrected chi connectivity index (χ1v) is 16.6. The second-order valence-electron chi connectivity index (χ2n) is 12.1. The van der Waals surface area contributed by atoms with Gasteiger partial charge in [0.1, 0.15) is 17.4 Å². The number of aliphatic hydroxyl groups is 1. The third-order valence-electron chi connectivity index (χ3n) is 8.18. The number of hydrogen-bond donors (Lipinski definition) is 2. The molecule has 218 valence electrons. The summed E-state index contributed by atoms with van der Waals surface area (Å²) in [7, 11) is -2.87. The predicted molar refractivity (Wildman–Crippen MR) is 167 cm³/mol. The summed E-state index contributed by atoms with van der Waals surface area (Å²) < 4.78 is 13.7. The number of aromatic hydroxyl groups is 1. The lowest BCUT2D eigenvalue weighted by atomic mass is 9.93. The average molecular weight is 573 g/mol. The van der Waals surface area contributed by atoms with Crippen molar-refractivity contribution in [3.63, 3.8) is 0 Å². The van der Waals surface area contributed by atoms with Gasteiger partial charge in [0.15, 0.2) is 0 Å². The number of cyclic esters (lactones) is 1. The number of phenols is 1. The number of hydrogen-bond acceptors (Lipinski definition) is 5. The Morgan fingerprint density at radius 2 is 1.56 bits per heavy atom. The molecule has 0 unspecified atom stereocenters. The van der Waals surface area contributed by atoms with E-state index in [4.69, 9.17) is 9.16 Å². The summed E-state index contributed by atoms with van der Waals surface area (Å²) in [5, 5.41) is 22.5. The Morgan fingerprint density at radius 3 is 2.15 bits per heavy atom. The Labute approximate surface area is 246 Å². The predicted octanol–water partition coefficient (Wildman–Crippen LogP) is 6.16. The van der Waals surface area contributed by atoms with E-state index in [2.05, 4.69) is 88.4 Å². The SMILES string of the molecule is C[C@H]1C/C=C/Cc2cccc(O)c2C(=O)O[C@@H](CCCO)C[C@H]1O[Si](c1ccccc1)(c1ccccc1)C(C)(C)C. The number of carbonyl (C=O) groups is 1. The molecule has 5 nitrogen and oxygen atoms in total. The van der Waals surface area contributed by atoms with E-state index in [1.165, 1.54) is 16.4 Å². The van der Waals surface area contributed by atoms with Crippen molar-refractivity contribution in [1.82, 2.24) is 0 Å². The quantitative estimate of drug-likeness (QED) is 0.201. The number of fused-ring (bicyclic) bond motifs is 1. The molecule has 3 aromatic rings. The fourth-order valence-corrected chi connectivity index (χ4v) is 10.8. The summed E-state index contributed by atoms with van der Waals surface area (Å²) in [5.74, 6) is -0.467. The van der Waals surface area contributed by atoms with Gasteiger partial charge in [-0.05, 0) is 58.6 Å². The maximum absolute atomic E-state index is 13.5. The second-order valence-corrected chi connectivity index (χ2v) is 16.4. The van der Waals surface area contributed by atoms with Crippen LogP contribution in [0.2, 0.25) is 5.04 Å². The van der Waals surface area contributed by atoms with E-state index < -0.39 is 20.4 Å². The van der Waals surface area contributed by atoms with Crippen molar-refractivity contribution in [2.75, 3.05) is 6.61 Å². The van der Waals surface area contributed by atoms with Crippen LogP contribution in [0.25, 0.3) is 0 Å². The molecule has 0 fully saturated rings. The number of allylic oxidation sites excluding steroid dienone is 2. The van der Waals surface area contributed by atoms with Crippen LogP contribution < -0.4 is 10.4 Å². The number of phenolic OH excluding ortho intramolecular Hbond substituents is 1. The molecule has 6 heteroatoms. The number of esters is 1. The smallest absolute Gasteiger partial charge is 0.342 e. The minimum absolute atomic E-state index is 0.00835.